The summed E-state index contributed by atoms with van der Waals surface area (Å²) in [6.07, 6.45) is 0.863. The topological polar surface area (TPSA) is 47.6 Å². The van der Waals surface area contributed by atoms with Crippen molar-refractivity contribution in [3.63, 3.8) is 0 Å². The van der Waals surface area contributed by atoms with Crippen molar-refractivity contribution in [1.29, 1.82) is 0 Å². The van der Waals surface area contributed by atoms with E-state index in [2.05, 4.69) is 10.1 Å². The molecule has 0 bridgehead atoms. The van der Waals surface area contributed by atoms with Gasteiger partial charge in [-0.05, 0) is 36.2 Å². The van der Waals surface area contributed by atoms with Crippen LogP contribution >= 0.6 is 0 Å². The van der Waals surface area contributed by atoms with Gasteiger partial charge in [-0.15, -0.1) is 0 Å². The van der Waals surface area contributed by atoms with Gasteiger partial charge in [-0.25, -0.2) is 0 Å². The van der Waals surface area contributed by atoms with Crippen LogP contribution in [0.25, 0.3) is 0 Å². The molecule has 0 aliphatic heterocycles. The third kappa shape index (κ3) is 5.25. The van der Waals surface area contributed by atoms with Crippen molar-refractivity contribution in [1.82, 2.24) is 0 Å². The molecule has 23 heavy (non-hydrogen) atoms. The van der Waals surface area contributed by atoms with E-state index in [-0.39, 0.29) is 18.0 Å². The van der Waals surface area contributed by atoms with Crippen LogP contribution in [0.1, 0.15) is 12.5 Å². The Morgan fingerprint density at radius 3 is 2.70 bits per heavy atom. The Morgan fingerprint density at radius 1 is 1.17 bits per heavy atom. The van der Waals surface area contributed by atoms with Crippen LogP contribution in [0, 0.1) is 0 Å². The first-order valence-electron chi connectivity index (χ1n) is 7.14. The van der Waals surface area contributed by atoms with Gasteiger partial charge in [0.15, 0.2) is 6.61 Å². The second kappa shape index (κ2) is 8.12. The number of carbonyl (C=O) groups is 1. The van der Waals surface area contributed by atoms with E-state index in [1.165, 1.54) is 12.1 Å². The van der Waals surface area contributed by atoms with Crippen LogP contribution in [0.5, 0.6) is 11.5 Å². The Morgan fingerprint density at radius 2 is 1.96 bits per heavy atom. The second-order valence-electron chi connectivity index (χ2n) is 4.71. The van der Waals surface area contributed by atoms with Crippen LogP contribution in [0.3, 0.4) is 0 Å². The molecule has 0 aliphatic carbocycles. The number of aryl methyl sites for hydroxylation is 1. The predicted molar refractivity (Wildman–Crippen MR) is 83.0 cm³/mol. The molecule has 0 aromatic heterocycles. The Kier molecular flexibility index (Phi) is 5.91. The highest BCUT2D eigenvalue weighted by molar-refractivity contribution is 5.93. The predicted octanol–water partition coefficient (Wildman–Crippen LogP) is 3.87. The molecule has 0 spiro atoms. The van der Waals surface area contributed by atoms with Gasteiger partial charge in [-0.2, -0.15) is 8.78 Å². The maximum absolute atomic E-state index is 12.3. The summed E-state index contributed by atoms with van der Waals surface area (Å²) in [5, 5.41) is 2.49. The zero-order valence-electron chi connectivity index (χ0n) is 12.6. The molecule has 2 aromatic carbocycles. The summed E-state index contributed by atoms with van der Waals surface area (Å²) in [6, 6.07) is 13.4. The number of hydrogen-bond acceptors (Lipinski definition) is 3. The summed E-state index contributed by atoms with van der Waals surface area (Å²) >= 11 is 0. The summed E-state index contributed by atoms with van der Waals surface area (Å²) in [7, 11) is 0. The van der Waals surface area contributed by atoms with E-state index in [1.54, 1.807) is 18.2 Å². The van der Waals surface area contributed by atoms with E-state index in [0.717, 1.165) is 12.0 Å². The smallest absolute Gasteiger partial charge is 0.387 e. The zero-order chi connectivity index (χ0) is 16.7. The monoisotopic (exact) mass is 321 g/mol. The normalized spacial score (nSPS) is 10.4. The fraction of sp³-hybridized carbons (Fsp3) is 0.235. The van der Waals surface area contributed by atoms with Crippen LogP contribution in [0.15, 0.2) is 48.5 Å². The molecule has 1 N–H and O–H groups in total. The molecule has 0 saturated carbocycles. The highest BCUT2D eigenvalue weighted by atomic mass is 19.3. The maximum Gasteiger partial charge on any atom is 0.387 e. The first-order valence-corrected chi connectivity index (χ1v) is 7.14. The number of rotatable bonds is 7. The minimum absolute atomic E-state index is 0.0937. The molecular formula is C17H17F2NO3. The van der Waals surface area contributed by atoms with Crippen molar-refractivity contribution >= 4 is 11.6 Å². The standard InChI is InChI=1S/C17H17F2NO3/c1-2-12-6-5-7-13(10-12)22-11-16(21)20-14-8-3-4-9-15(14)23-17(18)19/h3-10,17H,2,11H2,1H3,(H,20,21). The highest BCUT2D eigenvalue weighted by Gasteiger charge is 2.11. The van der Waals surface area contributed by atoms with Crippen LogP contribution in [-0.4, -0.2) is 19.1 Å². The van der Waals surface area contributed by atoms with Crippen LogP contribution in [0.2, 0.25) is 0 Å². The third-order valence-electron chi connectivity index (χ3n) is 3.05. The van der Waals surface area contributed by atoms with Gasteiger partial charge in [-0.1, -0.05) is 31.2 Å². The van der Waals surface area contributed by atoms with Crippen molar-refractivity contribution in [3.05, 3.63) is 54.1 Å². The van der Waals surface area contributed by atoms with Crippen LogP contribution < -0.4 is 14.8 Å². The minimum Gasteiger partial charge on any atom is -0.484 e. The summed E-state index contributed by atoms with van der Waals surface area (Å²) < 4.78 is 34.4. The van der Waals surface area contributed by atoms with Gasteiger partial charge in [-0.3, -0.25) is 4.79 Å². The number of benzene rings is 2. The van der Waals surface area contributed by atoms with Gasteiger partial charge in [0.1, 0.15) is 11.5 Å². The largest absolute Gasteiger partial charge is 0.484 e. The lowest BCUT2D eigenvalue weighted by Crippen LogP contribution is -2.21. The molecule has 0 saturated heterocycles. The number of carbonyl (C=O) groups excluding carboxylic acids is 1. The molecule has 2 rings (SSSR count). The van der Waals surface area contributed by atoms with Crippen molar-refractivity contribution < 1.29 is 23.0 Å². The van der Waals surface area contributed by atoms with Gasteiger partial charge in [0.2, 0.25) is 0 Å². The average Bonchev–Trinajstić information content (AvgIpc) is 2.54. The molecule has 0 atom stereocenters. The molecule has 4 nitrogen and oxygen atoms in total. The Labute approximate surface area is 133 Å². The summed E-state index contributed by atoms with van der Waals surface area (Å²) in [5.41, 5.74) is 1.27. The molecule has 0 unspecified atom stereocenters. The number of amides is 1. The van der Waals surface area contributed by atoms with E-state index in [9.17, 15) is 13.6 Å². The van der Waals surface area contributed by atoms with Gasteiger partial charge in [0.25, 0.3) is 5.91 Å². The Balaban J connectivity index is 1.94. The van der Waals surface area contributed by atoms with E-state index in [0.29, 0.717) is 5.75 Å². The van der Waals surface area contributed by atoms with Crippen molar-refractivity contribution in [2.24, 2.45) is 0 Å². The number of alkyl halides is 2. The molecular weight excluding hydrogens is 304 g/mol. The van der Waals surface area contributed by atoms with E-state index in [1.807, 2.05) is 25.1 Å². The lowest BCUT2D eigenvalue weighted by atomic mass is 10.2. The summed E-state index contributed by atoms with van der Waals surface area (Å²) in [5.74, 6) is 0.0256. The number of halogens is 2. The Bertz CT molecular complexity index is 662. The minimum atomic E-state index is -2.96. The molecule has 122 valence electrons. The van der Waals surface area contributed by atoms with Gasteiger partial charge in [0, 0.05) is 0 Å². The van der Waals surface area contributed by atoms with Gasteiger partial charge < -0.3 is 14.8 Å². The highest BCUT2D eigenvalue weighted by Crippen LogP contribution is 2.25. The first-order chi connectivity index (χ1) is 11.1. The average molecular weight is 321 g/mol. The van der Waals surface area contributed by atoms with E-state index in [4.69, 9.17) is 4.74 Å². The summed E-state index contributed by atoms with van der Waals surface area (Å²) in [4.78, 5) is 11.9. The molecule has 0 fully saturated rings. The zero-order valence-corrected chi connectivity index (χ0v) is 12.6. The van der Waals surface area contributed by atoms with Crippen molar-refractivity contribution in [3.8, 4) is 11.5 Å². The maximum atomic E-state index is 12.3. The number of anilines is 1. The van der Waals surface area contributed by atoms with Crippen LogP contribution in [-0.2, 0) is 11.2 Å². The first kappa shape index (κ1) is 16.7. The molecule has 2 aromatic rings. The molecule has 0 heterocycles. The van der Waals surface area contributed by atoms with E-state index < -0.39 is 12.5 Å². The van der Waals surface area contributed by atoms with Crippen molar-refractivity contribution in [2.45, 2.75) is 20.0 Å². The SMILES string of the molecule is CCc1cccc(OCC(=O)Nc2ccccc2OC(F)F)c1. The molecule has 1 amide bonds. The second-order valence-corrected chi connectivity index (χ2v) is 4.71. The number of para-hydroxylation sites is 2. The number of ether oxygens (including phenoxy) is 2. The van der Waals surface area contributed by atoms with Gasteiger partial charge >= 0.3 is 6.61 Å². The molecule has 0 aliphatic rings. The molecule has 6 heteroatoms. The quantitative estimate of drug-likeness (QED) is 0.842. The lowest BCUT2D eigenvalue weighted by molar-refractivity contribution is -0.118. The fourth-order valence-corrected chi connectivity index (χ4v) is 1.96. The lowest BCUT2D eigenvalue weighted by Gasteiger charge is -2.12. The third-order valence-corrected chi connectivity index (χ3v) is 3.05. The Hall–Kier alpha value is -2.63. The van der Waals surface area contributed by atoms with Gasteiger partial charge in [0.05, 0.1) is 5.69 Å². The van der Waals surface area contributed by atoms with Crippen molar-refractivity contribution in [2.75, 3.05) is 11.9 Å². The van der Waals surface area contributed by atoms with Crippen LogP contribution in [0.4, 0.5) is 14.5 Å². The number of nitrogens with one attached hydrogen (secondary N) is 1. The number of hydrogen-bond donors (Lipinski definition) is 1. The fourth-order valence-electron chi connectivity index (χ4n) is 1.96. The summed E-state index contributed by atoms with van der Waals surface area (Å²) in [6.45, 7) is -1.16. The molecule has 0 radical (unpaired) electrons. The van der Waals surface area contributed by atoms with E-state index >= 15 is 0 Å².